The number of carbonyl (C=O) groups is 1. The summed E-state index contributed by atoms with van der Waals surface area (Å²) in [6.45, 7) is 2.24. The van der Waals surface area contributed by atoms with Crippen LogP contribution in [0.25, 0.3) is 22.2 Å². The third-order valence-electron chi connectivity index (χ3n) is 6.22. The van der Waals surface area contributed by atoms with E-state index in [4.69, 9.17) is 15.9 Å². The van der Waals surface area contributed by atoms with Crippen molar-refractivity contribution < 1.29 is 18.8 Å². The van der Waals surface area contributed by atoms with E-state index in [9.17, 15) is 13.6 Å². The highest BCUT2D eigenvalue weighted by Gasteiger charge is 2.38. The molecule has 0 radical (unpaired) electrons. The van der Waals surface area contributed by atoms with Gasteiger partial charge in [0, 0.05) is 29.5 Å². The smallest absolute Gasteiger partial charge is 0.266 e. The zero-order chi connectivity index (χ0) is 22.7. The number of benzene rings is 1. The minimum absolute atomic E-state index is 0.0198. The number of halogens is 2. The Morgan fingerprint density at radius 2 is 2.06 bits per heavy atom. The summed E-state index contributed by atoms with van der Waals surface area (Å²) in [6.07, 6.45) is -0.831. The van der Waals surface area contributed by atoms with E-state index in [1.165, 1.54) is 6.07 Å². The molecule has 166 valence electrons. The summed E-state index contributed by atoms with van der Waals surface area (Å²) in [7, 11) is 1.75. The number of imidazole rings is 1. The number of amides is 1. The normalized spacial score (nSPS) is 19.2. The molecule has 5 rings (SSSR count). The van der Waals surface area contributed by atoms with Crippen LogP contribution in [-0.4, -0.2) is 43.4 Å². The third-order valence-corrected chi connectivity index (χ3v) is 6.22. The van der Waals surface area contributed by atoms with E-state index in [-0.39, 0.29) is 17.6 Å². The first kappa shape index (κ1) is 20.3. The monoisotopic (exact) mass is 440 g/mol. The number of pyridine rings is 1. The maximum absolute atomic E-state index is 13.8. The first-order chi connectivity index (χ1) is 15.3. The molecule has 0 spiro atoms. The Hall–Kier alpha value is -3.56. The molecular weight excluding hydrogens is 418 g/mol. The van der Waals surface area contributed by atoms with Crippen LogP contribution >= 0.6 is 0 Å². The highest BCUT2D eigenvalue weighted by atomic mass is 19.3. The Bertz CT molecular complexity index is 1280. The number of hydrogen-bond acceptors (Lipinski definition) is 5. The van der Waals surface area contributed by atoms with Crippen molar-refractivity contribution in [3.05, 3.63) is 47.0 Å². The number of likely N-dealkylation sites (N-methyl/N-ethyl adjacent to an activating group) is 1. The summed E-state index contributed by atoms with van der Waals surface area (Å²) in [4.78, 5) is 23.5. The Morgan fingerprint density at radius 1 is 1.31 bits per heavy atom. The maximum Gasteiger partial charge on any atom is 0.266 e. The van der Waals surface area contributed by atoms with Gasteiger partial charge in [-0.1, -0.05) is 17.3 Å². The molecule has 10 heteroatoms. The average Bonchev–Trinajstić information content (AvgIpc) is 3.56. The molecule has 3 aromatic rings. The third kappa shape index (κ3) is 3.01. The van der Waals surface area contributed by atoms with Gasteiger partial charge < -0.3 is 20.4 Å². The summed E-state index contributed by atoms with van der Waals surface area (Å²) >= 11 is 0. The van der Waals surface area contributed by atoms with Gasteiger partial charge in [0.15, 0.2) is 5.84 Å². The van der Waals surface area contributed by atoms with Crippen molar-refractivity contribution >= 4 is 22.6 Å². The number of carbonyl (C=O) groups excluding carboxylic acids is 1. The van der Waals surface area contributed by atoms with Crippen LogP contribution < -0.4 is 5.73 Å². The van der Waals surface area contributed by atoms with Gasteiger partial charge in [-0.2, -0.15) is 0 Å². The van der Waals surface area contributed by atoms with Crippen LogP contribution in [0.15, 0.2) is 29.4 Å². The van der Waals surface area contributed by atoms with Crippen LogP contribution in [0.3, 0.4) is 0 Å². The molecule has 8 nitrogen and oxygen atoms in total. The number of oxime groups is 1. The zero-order valence-electron chi connectivity index (χ0n) is 17.6. The topological polar surface area (TPSA) is 110 Å². The largest absolute Gasteiger partial charge is 0.409 e. The predicted molar refractivity (Wildman–Crippen MR) is 114 cm³/mol. The second-order valence-corrected chi connectivity index (χ2v) is 8.36. The minimum Gasteiger partial charge on any atom is -0.409 e. The number of fused-ring (bicyclic) bond motifs is 2. The van der Waals surface area contributed by atoms with Gasteiger partial charge in [-0.3, -0.25) is 4.79 Å². The SMILES string of the molecule is C[C@H]1C(=O)N(C)Cc2c(-c3cccc4nc(C(N)=NO)c(C(F)F)cc34)nc(C3CC3)n21. The summed E-state index contributed by atoms with van der Waals surface area (Å²) in [5.74, 6) is 0.720. The van der Waals surface area contributed by atoms with Gasteiger partial charge >= 0.3 is 0 Å². The van der Waals surface area contributed by atoms with Gasteiger partial charge in [0.25, 0.3) is 6.43 Å². The fraction of sp³-hybridized carbons (Fsp3) is 0.364. The van der Waals surface area contributed by atoms with Gasteiger partial charge in [0.1, 0.15) is 17.6 Å². The number of aromatic nitrogens is 3. The lowest BCUT2D eigenvalue weighted by Gasteiger charge is -2.31. The second-order valence-electron chi connectivity index (χ2n) is 8.36. The van der Waals surface area contributed by atoms with Gasteiger partial charge in [-0.05, 0) is 31.9 Å². The van der Waals surface area contributed by atoms with Crippen LogP contribution in [0.2, 0.25) is 0 Å². The summed E-state index contributed by atoms with van der Waals surface area (Å²) < 4.78 is 29.7. The molecular formula is C22H22F2N6O2. The van der Waals surface area contributed by atoms with Gasteiger partial charge in [0.2, 0.25) is 5.91 Å². The van der Waals surface area contributed by atoms with Gasteiger partial charge in [-0.15, -0.1) is 0 Å². The van der Waals surface area contributed by atoms with Crippen molar-refractivity contribution in [3.8, 4) is 11.3 Å². The molecule has 1 aliphatic carbocycles. The van der Waals surface area contributed by atoms with Crippen LogP contribution in [0.4, 0.5) is 8.78 Å². The highest BCUT2D eigenvalue weighted by molar-refractivity contribution is 6.02. The van der Waals surface area contributed by atoms with E-state index < -0.39 is 17.8 Å². The molecule has 2 aromatic heterocycles. The maximum atomic E-state index is 13.8. The number of rotatable bonds is 4. The summed E-state index contributed by atoms with van der Waals surface area (Å²) in [5.41, 5.74) is 7.57. The lowest BCUT2D eigenvalue weighted by Crippen LogP contribution is -2.39. The molecule has 1 aromatic carbocycles. The molecule has 32 heavy (non-hydrogen) atoms. The first-order valence-electron chi connectivity index (χ1n) is 10.4. The average molecular weight is 440 g/mol. The number of hydrogen-bond donors (Lipinski definition) is 2. The number of nitrogens with zero attached hydrogens (tertiary/aromatic N) is 5. The molecule has 1 aliphatic heterocycles. The van der Waals surface area contributed by atoms with Crippen molar-refractivity contribution in [3.63, 3.8) is 0 Å². The minimum atomic E-state index is -2.86. The fourth-order valence-corrected chi connectivity index (χ4v) is 4.48. The van der Waals surface area contributed by atoms with E-state index in [0.717, 1.165) is 24.4 Å². The predicted octanol–water partition coefficient (Wildman–Crippen LogP) is 3.54. The van der Waals surface area contributed by atoms with Crippen molar-refractivity contribution in [1.29, 1.82) is 0 Å². The van der Waals surface area contributed by atoms with Crippen molar-refractivity contribution in [2.45, 2.75) is 44.7 Å². The molecule has 0 saturated heterocycles. The van der Waals surface area contributed by atoms with Crippen molar-refractivity contribution in [1.82, 2.24) is 19.4 Å². The summed E-state index contributed by atoms with van der Waals surface area (Å²) in [6, 6.07) is 6.23. The van der Waals surface area contributed by atoms with Crippen molar-refractivity contribution in [2.24, 2.45) is 10.9 Å². The molecule has 3 N–H and O–H groups in total. The zero-order valence-corrected chi connectivity index (χ0v) is 17.6. The number of amidine groups is 1. The molecule has 0 bridgehead atoms. The summed E-state index contributed by atoms with van der Waals surface area (Å²) in [5, 5.41) is 12.3. The highest BCUT2D eigenvalue weighted by Crippen LogP contribution is 2.45. The van der Waals surface area contributed by atoms with Crippen LogP contribution in [-0.2, 0) is 11.3 Å². The van der Waals surface area contributed by atoms with Crippen LogP contribution in [0.1, 0.15) is 60.9 Å². The Balaban J connectivity index is 1.78. The Morgan fingerprint density at radius 3 is 2.72 bits per heavy atom. The standard InChI is InChI=1S/C22H22F2N6O2/c1-10-22(31)29(2)9-16-17(27-21(30(10)16)11-6-7-11)12-4-3-5-15-13(12)8-14(19(23)24)18(26-15)20(25)28-32/h3-5,8,10-11,19,32H,6-7,9H2,1-2H3,(H2,25,28)/t10-/m0/s1. The molecule has 0 unspecified atom stereocenters. The van der Waals surface area contributed by atoms with Gasteiger partial charge in [0.05, 0.1) is 23.4 Å². The lowest BCUT2D eigenvalue weighted by molar-refractivity contribution is -0.135. The van der Waals surface area contributed by atoms with Gasteiger partial charge in [-0.25, -0.2) is 18.7 Å². The molecule has 1 saturated carbocycles. The van der Waals surface area contributed by atoms with Crippen LogP contribution in [0, 0.1) is 0 Å². The first-order valence-corrected chi connectivity index (χ1v) is 10.4. The molecule has 1 amide bonds. The lowest BCUT2D eigenvalue weighted by atomic mass is 10.00. The van der Waals surface area contributed by atoms with E-state index in [1.807, 2.05) is 17.6 Å². The number of alkyl halides is 2. The Kier molecular flexibility index (Phi) is 4.61. The fourth-order valence-electron chi connectivity index (χ4n) is 4.48. The van der Waals surface area contributed by atoms with Crippen LogP contribution in [0.5, 0.6) is 0 Å². The number of nitrogens with two attached hydrogens (primary N) is 1. The quantitative estimate of drug-likeness (QED) is 0.279. The molecule has 1 atom stereocenters. The van der Waals surface area contributed by atoms with E-state index in [2.05, 4.69) is 10.1 Å². The molecule has 2 aliphatic rings. The molecule has 3 heterocycles. The molecule has 1 fully saturated rings. The van der Waals surface area contributed by atoms with E-state index in [1.54, 1.807) is 24.1 Å². The second kappa shape index (κ2) is 7.25. The Labute approximate surface area is 182 Å². The van der Waals surface area contributed by atoms with Crippen molar-refractivity contribution in [2.75, 3.05) is 7.05 Å². The van der Waals surface area contributed by atoms with E-state index in [0.29, 0.717) is 34.6 Å². The van der Waals surface area contributed by atoms with E-state index >= 15 is 0 Å².